The Hall–Kier alpha value is -1.35. The lowest BCUT2D eigenvalue weighted by atomic mass is 9.91. The van der Waals surface area contributed by atoms with E-state index in [2.05, 4.69) is 6.92 Å². The standard InChI is InChI=1S/C16H24N2O/c1-11-7-8-18(14(9-11)10-17)16(19)15-6-4-5-12(2)13(15)3/h4-6,11,14H,7-10,17H2,1-3H3. The topological polar surface area (TPSA) is 46.3 Å². The van der Waals surface area contributed by atoms with Crippen molar-refractivity contribution < 1.29 is 4.79 Å². The van der Waals surface area contributed by atoms with E-state index in [1.807, 2.05) is 36.9 Å². The summed E-state index contributed by atoms with van der Waals surface area (Å²) < 4.78 is 0. The number of benzene rings is 1. The molecule has 2 atom stereocenters. The number of hydrogen-bond donors (Lipinski definition) is 1. The van der Waals surface area contributed by atoms with Crippen molar-refractivity contribution in [3.8, 4) is 0 Å². The van der Waals surface area contributed by atoms with Crippen LogP contribution in [-0.2, 0) is 0 Å². The summed E-state index contributed by atoms with van der Waals surface area (Å²) in [6.45, 7) is 7.69. The second kappa shape index (κ2) is 5.74. The predicted octanol–water partition coefficient (Wildman–Crippen LogP) is 2.50. The molecule has 1 amide bonds. The van der Waals surface area contributed by atoms with Gasteiger partial charge in [-0.3, -0.25) is 4.79 Å². The van der Waals surface area contributed by atoms with Crippen LogP contribution in [-0.4, -0.2) is 29.9 Å². The number of amides is 1. The Morgan fingerprint density at radius 3 is 2.84 bits per heavy atom. The highest BCUT2D eigenvalue weighted by molar-refractivity contribution is 5.96. The molecule has 0 aromatic heterocycles. The largest absolute Gasteiger partial charge is 0.334 e. The summed E-state index contributed by atoms with van der Waals surface area (Å²) in [4.78, 5) is 14.7. The van der Waals surface area contributed by atoms with Crippen molar-refractivity contribution in [1.82, 2.24) is 4.90 Å². The van der Waals surface area contributed by atoms with Gasteiger partial charge in [0.2, 0.25) is 0 Å². The Morgan fingerprint density at radius 2 is 2.16 bits per heavy atom. The third-order valence-corrected chi connectivity index (χ3v) is 4.35. The quantitative estimate of drug-likeness (QED) is 0.888. The fourth-order valence-corrected chi connectivity index (χ4v) is 2.88. The maximum atomic E-state index is 12.7. The number of carbonyl (C=O) groups excluding carboxylic acids is 1. The summed E-state index contributed by atoms with van der Waals surface area (Å²) in [6.07, 6.45) is 2.10. The van der Waals surface area contributed by atoms with Crippen LogP contribution in [0.5, 0.6) is 0 Å². The van der Waals surface area contributed by atoms with Gasteiger partial charge in [0.1, 0.15) is 0 Å². The van der Waals surface area contributed by atoms with Crippen LogP contribution in [0.2, 0.25) is 0 Å². The lowest BCUT2D eigenvalue weighted by Gasteiger charge is -2.38. The third-order valence-electron chi connectivity index (χ3n) is 4.35. The molecule has 1 fully saturated rings. The van der Waals surface area contributed by atoms with Gasteiger partial charge in [-0.05, 0) is 49.8 Å². The number of hydrogen-bond acceptors (Lipinski definition) is 2. The van der Waals surface area contributed by atoms with E-state index in [1.54, 1.807) is 0 Å². The summed E-state index contributed by atoms with van der Waals surface area (Å²) in [6, 6.07) is 6.12. The molecule has 1 heterocycles. The van der Waals surface area contributed by atoms with E-state index in [0.717, 1.165) is 30.5 Å². The number of rotatable bonds is 2. The Balaban J connectivity index is 2.25. The van der Waals surface area contributed by atoms with Crippen LogP contribution in [0, 0.1) is 19.8 Å². The number of nitrogens with two attached hydrogens (primary N) is 1. The van der Waals surface area contributed by atoms with Crippen LogP contribution in [0.25, 0.3) is 0 Å². The number of aryl methyl sites for hydroxylation is 1. The van der Waals surface area contributed by atoms with Gasteiger partial charge in [0, 0.05) is 24.7 Å². The molecule has 3 heteroatoms. The molecule has 2 rings (SSSR count). The predicted molar refractivity (Wildman–Crippen MR) is 78.2 cm³/mol. The van der Waals surface area contributed by atoms with Crippen molar-refractivity contribution >= 4 is 5.91 Å². The Bertz CT molecular complexity index is 470. The average Bonchev–Trinajstić information content (AvgIpc) is 2.41. The molecule has 2 N–H and O–H groups in total. The van der Waals surface area contributed by atoms with Gasteiger partial charge in [-0.15, -0.1) is 0 Å². The third kappa shape index (κ3) is 2.81. The van der Waals surface area contributed by atoms with Crippen molar-refractivity contribution in [2.45, 2.75) is 39.7 Å². The molecule has 1 saturated heterocycles. The molecule has 0 spiro atoms. The first-order valence-electron chi connectivity index (χ1n) is 7.11. The van der Waals surface area contributed by atoms with Crippen molar-refractivity contribution in [3.63, 3.8) is 0 Å². The molecule has 0 radical (unpaired) electrons. The fourth-order valence-electron chi connectivity index (χ4n) is 2.88. The highest BCUT2D eigenvalue weighted by atomic mass is 16.2. The first-order chi connectivity index (χ1) is 9.04. The summed E-state index contributed by atoms with van der Waals surface area (Å²) >= 11 is 0. The van der Waals surface area contributed by atoms with Gasteiger partial charge in [-0.2, -0.15) is 0 Å². The lowest BCUT2D eigenvalue weighted by Crippen LogP contribution is -2.49. The van der Waals surface area contributed by atoms with E-state index in [1.165, 1.54) is 5.56 Å². The molecule has 2 unspecified atom stereocenters. The Morgan fingerprint density at radius 1 is 1.42 bits per heavy atom. The number of piperidine rings is 1. The lowest BCUT2D eigenvalue weighted by molar-refractivity contribution is 0.0573. The van der Waals surface area contributed by atoms with Crippen LogP contribution >= 0.6 is 0 Å². The van der Waals surface area contributed by atoms with E-state index in [-0.39, 0.29) is 11.9 Å². The zero-order chi connectivity index (χ0) is 14.0. The second-order valence-corrected chi connectivity index (χ2v) is 5.77. The number of likely N-dealkylation sites (tertiary alicyclic amines) is 1. The monoisotopic (exact) mass is 260 g/mol. The van der Waals surface area contributed by atoms with E-state index in [0.29, 0.717) is 12.5 Å². The highest BCUT2D eigenvalue weighted by Gasteiger charge is 2.30. The number of nitrogens with zero attached hydrogens (tertiary/aromatic N) is 1. The van der Waals surface area contributed by atoms with Gasteiger partial charge >= 0.3 is 0 Å². The van der Waals surface area contributed by atoms with Gasteiger partial charge in [0.25, 0.3) is 5.91 Å². The average molecular weight is 260 g/mol. The zero-order valence-electron chi connectivity index (χ0n) is 12.1. The van der Waals surface area contributed by atoms with E-state index >= 15 is 0 Å². The molecule has 104 valence electrons. The van der Waals surface area contributed by atoms with Crippen molar-refractivity contribution in [2.24, 2.45) is 11.7 Å². The maximum Gasteiger partial charge on any atom is 0.254 e. The maximum absolute atomic E-state index is 12.7. The van der Waals surface area contributed by atoms with Crippen molar-refractivity contribution in [1.29, 1.82) is 0 Å². The molecule has 0 bridgehead atoms. The Labute approximate surface area is 115 Å². The second-order valence-electron chi connectivity index (χ2n) is 5.77. The van der Waals surface area contributed by atoms with Crippen molar-refractivity contribution in [2.75, 3.05) is 13.1 Å². The highest BCUT2D eigenvalue weighted by Crippen LogP contribution is 2.25. The zero-order valence-corrected chi connectivity index (χ0v) is 12.1. The molecule has 1 aromatic carbocycles. The minimum atomic E-state index is 0.142. The SMILES string of the molecule is Cc1cccc(C(=O)N2CCC(C)CC2CN)c1C. The van der Waals surface area contributed by atoms with Crippen LogP contribution < -0.4 is 5.73 Å². The van der Waals surface area contributed by atoms with Crippen LogP contribution in [0.4, 0.5) is 0 Å². The molecular weight excluding hydrogens is 236 g/mol. The minimum Gasteiger partial charge on any atom is -0.334 e. The van der Waals surface area contributed by atoms with Gasteiger partial charge in [-0.1, -0.05) is 19.1 Å². The van der Waals surface area contributed by atoms with Gasteiger partial charge < -0.3 is 10.6 Å². The summed E-state index contributed by atoms with van der Waals surface area (Å²) in [5, 5.41) is 0. The molecule has 19 heavy (non-hydrogen) atoms. The van der Waals surface area contributed by atoms with Crippen LogP contribution in [0.3, 0.4) is 0 Å². The number of carbonyl (C=O) groups is 1. The first-order valence-corrected chi connectivity index (χ1v) is 7.11. The van der Waals surface area contributed by atoms with E-state index < -0.39 is 0 Å². The van der Waals surface area contributed by atoms with E-state index in [4.69, 9.17) is 5.73 Å². The minimum absolute atomic E-state index is 0.142. The van der Waals surface area contributed by atoms with Gasteiger partial charge in [0.15, 0.2) is 0 Å². The normalized spacial score (nSPS) is 23.5. The molecule has 1 aliphatic heterocycles. The van der Waals surface area contributed by atoms with Crippen molar-refractivity contribution in [3.05, 3.63) is 34.9 Å². The first kappa shape index (κ1) is 14.1. The Kier molecular flexibility index (Phi) is 4.25. The molecule has 0 saturated carbocycles. The smallest absolute Gasteiger partial charge is 0.254 e. The van der Waals surface area contributed by atoms with Crippen LogP contribution in [0.1, 0.15) is 41.3 Å². The van der Waals surface area contributed by atoms with E-state index in [9.17, 15) is 4.79 Å². The molecule has 3 nitrogen and oxygen atoms in total. The molecule has 1 aromatic rings. The van der Waals surface area contributed by atoms with Crippen LogP contribution in [0.15, 0.2) is 18.2 Å². The molecular formula is C16H24N2O. The summed E-state index contributed by atoms with van der Waals surface area (Å²) in [7, 11) is 0. The summed E-state index contributed by atoms with van der Waals surface area (Å²) in [5.41, 5.74) is 8.92. The summed E-state index contributed by atoms with van der Waals surface area (Å²) in [5.74, 6) is 0.805. The van der Waals surface area contributed by atoms with Gasteiger partial charge in [-0.25, -0.2) is 0 Å². The molecule has 0 aliphatic carbocycles. The molecule has 1 aliphatic rings. The van der Waals surface area contributed by atoms with Gasteiger partial charge in [0.05, 0.1) is 0 Å². The fraction of sp³-hybridized carbons (Fsp3) is 0.562.